The molecule has 1 unspecified atom stereocenters. The zero-order chi connectivity index (χ0) is 10.3. The van der Waals surface area contributed by atoms with Gasteiger partial charge in [0.15, 0.2) is 0 Å². The van der Waals surface area contributed by atoms with E-state index in [1.807, 2.05) is 13.8 Å². The van der Waals surface area contributed by atoms with Crippen molar-refractivity contribution in [2.45, 2.75) is 33.2 Å². The van der Waals surface area contributed by atoms with Gasteiger partial charge in [-0.3, -0.25) is 4.79 Å². The Labute approximate surface area is 97.8 Å². The SMILES string of the molecule is CCC(C)(C)C(=O)NC1[C@H]2CNC[C@@H]12.Cl. The third-order valence-electron chi connectivity index (χ3n) is 3.89. The monoisotopic (exact) mass is 232 g/mol. The normalized spacial score (nSPS) is 32.9. The topological polar surface area (TPSA) is 41.1 Å². The maximum absolute atomic E-state index is 11.8. The lowest BCUT2D eigenvalue weighted by Gasteiger charge is -2.22. The van der Waals surface area contributed by atoms with Gasteiger partial charge in [-0.2, -0.15) is 0 Å². The summed E-state index contributed by atoms with van der Waals surface area (Å²) in [4.78, 5) is 11.8. The summed E-state index contributed by atoms with van der Waals surface area (Å²) in [5, 5.41) is 6.49. The van der Waals surface area contributed by atoms with Crippen LogP contribution in [0.15, 0.2) is 0 Å². The van der Waals surface area contributed by atoms with Crippen molar-refractivity contribution in [2.24, 2.45) is 17.3 Å². The molecule has 2 N–H and O–H groups in total. The molecule has 2 aliphatic rings. The third kappa shape index (κ3) is 2.28. The highest BCUT2D eigenvalue weighted by Crippen LogP contribution is 2.42. The van der Waals surface area contributed by atoms with Gasteiger partial charge in [0.2, 0.25) is 5.91 Å². The van der Waals surface area contributed by atoms with Crippen LogP contribution in [0.1, 0.15) is 27.2 Å². The number of hydrogen-bond donors (Lipinski definition) is 2. The molecule has 88 valence electrons. The van der Waals surface area contributed by atoms with Gasteiger partial charge in [-0.1, -0.05) is 20.8 Å². The van der Waals surface area contributed by atoms with E-state index < -0.39 is 0 Å². The first kappa shape index (κ1) is 12.8. The van der Waals surface area contributed by atoms with Crippen molar-refractivity contribution in [2.75, 3.05) is 13.1 Å². The summed E-state index contributed by atoms with van der Waals surface area (Å²) in [5.74, 6) is 1.65. The molecular formula is C11H21ClN2O. The standard InChI is InChI=1S/C11H20N2O.ClH/c1-4-11(2,3)10(14)13-9-7-5-12-6-8(7)9;/h7-9,12H,4-6H2,1-3H3,(H,13,14);1H/t7-,8+,9?;. The summed E-state index contributed by atoms with van der Waals surface area (Å²) in [6, 6.07) is 0.467. The fourth-order valence-corrected chi connectivity index (χ4v) is 2.14. The van der Waals surface area contributed by atoms with Gasteiger partial charge in [-0.15, -0.1) is 12.4 Å². The van der Waals surface area contributed by atoms with Gasteiger partial charge < -0.3 is 10.6 Å². The summed E-state index contributed by atoms with van der Waals surface area (Å²) in [5.41, 5.74) is -0.204. The molecule has 1 saturated heterocycles. The fraction of sp³-hybridized carbons (Fsp3) is 0.909. The van der Waals surface area contributed by atoms with E-state index in [-0.39, 0.29) is 23.7 Å². The van der Waals surface area contributed by atoms with Crippen molar-refractivity contribution < 1.29 is 4.79 Å². The summed E-state index contributed by atoms with van der Waals surface area (Å²) in [6.07, 6.45) is 0.902. The lowest BCUT2D eigenvalue weighted by Crippen LogP contribution is -2.40. The van der Waals surface area contributed by atoms with E-state index in [1.54, 1.807) is 0 Å². The van der Waals surface area contributed by atoms with Crippen LogP contribution in [0.3, 0.4) is 0 Å². The number of carbonyl (C=O) groups excluding carboxylic acids is 1. The first-order chi connectivity index (χ1) is 6.56. The van der Waals surface area contributed by atoms with E-state index in [9.17, 15) is 4.79 Å². The number of halogens is 1. The molecule has 1 aliphatic carbocycles. The first-order valence-corrected chi connectivity index (χ1v) is 5.58. The summed E-state index contributed by atoms with van der Waals surface area (Å²) in [6.45, 7) is 8.26. The minimum Gasteiger partial charge on any atom is -0.352 e. The van der Waals surface area contributed by atoms with Crippen LogP contribution in [0.4, 0.5) is 0 Å². The van der Waals surface area contributed by atoms with E-state index in [2.05, 4.69) is 17.6 Å². The predicted octanol–water partition coefficient (Wildman–Crippen LogP) is 1.18. The second kappa shape index (κ2) is 4.30. The molecular weight excluding hydrogens is 212 g/mol. The number of amides is 1. The molecule has 0 spiro atoms. The number of piperidine rings is 1. The molecule has 1 aliphatic heterocycles. The van der Waals surface area contributed by atoms with E-state index in [0.29, 0.717) is 17.9 Å². The van der Waals surface area contributed by atoms with Gasteiger partial charge in [0.1, 0.15) is 0 Å². The van der Waals surface area contributed by atoms with Crippen molar-refractivity contribution in [3.8, 4) is 0 Å². The number of carbonyl (C=O) groups is 1. The highest BCUT2D eigenvalue weighted by molar-refractivity contribution is 5.85. The largest absolute Gasteiger partial charge is 0.352 e. The number of nitrogens with one attached hydrogen (secondary N) is 2. The number of fused-ring (bicyclic) bond motifs is 1. The molecule has 0 aromatic rings. The Balaban J connectivity index is 0.00000112. The van der Waals surface area contributed by atoms with E-state index in [1.165, 1.54) is 0 Å². The average molecular weight is 233 g/mol. The molecule has 15 heavy (non-hydrogen) atoms. The summed E-state index contributed by atoms with van der Waals surface area (Å²) < 4.78 is 0. The Hall–Kier alpha value is -0.280. The van der Waals surface area contributed by atoms with E-state index in [4.69, 9.17) is 0 Å². The maximum Gasteiger partial charge on any atom is 0.225 e. The molecule has 0 radical (unpaired) electrons. The van der Waals surface area contributed by atoms with Gasteiger partial charge in [0.05, 0.1) is 0 Å². The van der Waals surface area contributed by atoms with Gasteiger partial charge in [-0.25, -0.2) is 0 Å². The lowest BCUT2D eigenvalue weighted by atomic mass is 9.89. The van der Waals surface area contributed by atoms with Crippen LogP contribution in [0, 0.1) is 17.3 Å². The smallest absolute Gasteiger partial charge is 0.225 e. The van der Waals surface area contributed by atoms with Crippen LogP contribution >= 0.6 is 12.4 Å². The zero-order valence-electron chi connectivity index (χ0n) is 9.67. The van der Waals surface area contributed by atoms with Crippen molar-refractivity contribution in [3.05, 3.63) is 0 Å². The third-order valence-corrected chi connectivity index (χ3v) is 3.89. The predicted molar refractivity (Wildman–Crippen MR) is 63.1 cm³/mol. The number of rotatable bonds is 3. The molecule has 2 rings (SSSR count). The molecule has 0 aromatic carbocycles. The second-order valence-electron chi connectivity index (χ2n) is 5.22. The molecule has 1 amide bonds. The highest BCUT2D eigenvalue weighted by atomic mass is 35.5. The molecule has 0 aromatic heterocycles. The van der Waals surface area contributed by atoms with Crippen LogP contribution in [0.25, 0.3) is 0 Å². The molecule has 4 heteroatoms. The van der Waals surface area contributed by atoms with Gasteiger partial charge in [-0.05, 0) is 18.3 Å². The molecule has 1 heterocycles. The van der Waals surface area contributed by atoms with Gasteiger partial charge >= 0.3 is 0 Å². The quantitative estimate of drug-likeness (QED) is 0.767. The van der Waals surface area contributed by atoms with Crippen LogP contribution < -0.4 is 10.6 Å². The Morgan fingerprint density at radius 1 is 1.40 bits per heavy atom. The molecule has 0 bridgehead atoms. The second-order valence-corrected chi connectivity index (χ2v) is 5.22. The Morgan fingerprint density at radius 3 is 2.40 bits per heavy atom. The molecule has 3 nitrogen and oxygen atoms in total. The molecule has 2 fully saturated rings. The van der Waals surface area contributed by atoms with Crippen LogP contribution in [-0.2, 0) is 4.79 Å². The average Bonchev–Trinajstić information content (AvgIpc) is 2.64. The number of hydrogen-bond acceptors (Lipinski definition) is 2. The maximum atomic E-state index is 11.8. The van der Waals surface area contributed by atoms with Gasteiger partial charge in [0.25, 0.3) is 0 Å². The Bertz CT molecular complexity index is 245. The van der Waals surface area contributed by atoms with Crippen LogP contribution in [-0.4, -0.2) is 25.0 Å². The lowest BCUT2D eigenvalue weighted by molar-refractivity contribution is -0.129. The van der Waals surface area contributed by atoms with Crippen LogP contribution in [0.2, 0.25) is 0 Å². The van der Waals surface area contributed by atoms with Crippen molar-refractivity contribution >= 4 is 18.3 Å². The van der Waals surface area contributed by atoms with Crippen molar-refractivity contribution in [1.29, 1.82) is 0 Å². The van der Waals surface area contributed by atoms with Crippen LogP contribution in [0.5, 0.6) is 0 Å². The molecule has 3 atom stereocenters. The van der Waals surface area contributed by atoms with Gasteiger partial charge in [0, 0.05) is 24.5 Å². The molecule has 1 saturated carbocycles. The minimum absolute atomic E-state index is 0. The summed E-state index contributed by atoms with van der Waals surface area (Å²) in [7, 11) is 0. The summed E-state index contributed by atoms with van der Waals surface area (Å²) >= 11 is 0. The zero-order valence-corrected chi connectivity index (χ0v) is 10.5. The Kier molecular flexibility index (Phi) is 3.67. The van der Waals surface area contributed by atoms with E-state index in [0.717, 1.165) is 19.5 Å². The van der Waals surface area contributed by atoms with Crippen molar-refractivity contribution in [3.63, 3.8) is 0 Å². The highest BCUT2D eigenvalue weighted by Gasteiger charge is 2.54. The van der Waals surface area contributed by atoms with Crippen molar-refractivity contribution in [1.82, 2.24) is 10.6 Å². The first-order valence-electron chi connectivity index (χ1n) is 5.58. The minimum atomic E-state index is -0.204. The Morgan fingerprint density at radius 2 is 1.93 bits per heavy atom. The fourth-order valence-electron chi connectivity index (χ4n) is 2.14. The van der Waals surface area contributed by atoms with E-state index >= 15 is 0 Å².